The lowest BCUT2D eigenvalue weighted by Crippen LogP contribution is -2.35. The third-order valence-corrected chi connectivity index (χ3v) is 5.40. The van der Waals surface area contributed by atoms with Gasteiger partial charge in [-0.15, -0.1) is 0 Å². The number of aromatic nitrogens is 1. The Morgan fingerprint density at radius 1 is 1.03 bits per heavy atom. The molecule has 1 saturated heterocycles. The van der Waals surface area contributed by atoms with Gasteiger partial charge in [-0.2, -0.15) is 0 Å². The number of oxazole rings is 1. The number of carbonyl (C=O) groups is 2. The molecule has 172 valence electrons. The van der Waals surface area contributed by atoms with E-state index in [1.54, 1.807) is 30.5 Å². The smallest absolute Gasteiger partial charge is 0.319 e. The van der Waals surface area contributed by atoms with Crippen molar-refractivity contribution in [3.05, 3.63) is 66.2 Å². The first kappa shape index (κ1) is 22.5. The number of nitrogens with zero attached hydrogens (tertiary/aromatic N) is 1. The summed E-state index contributed by atoms with van der Waals surface area (Å²) in [5, 5.41) is 8.43. The molecule has 1 fully saturated rings. The molecule has 3 aromatic rings. The van der Waals surface area contributed by atoms with Crippen LogP contribution in [0.1, 0.15) is 30.7 Å². The minimum Gasteiger partial charge on any atom is -0.441 e. The number of amides is 3. The minimum absolute atomic E-state index is 0.0962. The zero-order valence-electron chi connectivity index (χ0n) is 18.6. The maximum Gasteiger partial charge on any atom is 0.319 e. The average molecular weight is 449 g/mol. The molecule has 1 aliphatic rings. The van der Waals surface area contributed by atoms with Gasteiger partial charge in [-0.05, 0) is 44.0 Å². The van der Waals surface area contributed by atoms with Crippen LogP contribution in [0.2, 0.25) is 0 Å². The highest BCUT2D eigenvalue weighted by atomic mass is 16.5. The summed E-state index contributed by atoms with van der Waals surface area (Å²) in [5.74, 6) is 1.07. The largest absolute Gasteiger partial charge is 0.441 e. The van der Waals surface area contributed by atoms with E-state index in [4.69, 9.17) is 9.15 Å². The lowest BCUT2D eigenvalue weighted by molar-refractivity contribution is -0.116. The fourth-order valence-corrected chi connectivity index (χ4v) is 3.55. The molecule has 0 radical (unpaired) electrons. The van der Waals surface area contributed by atoms with Crippen molar-refractivity contribution in [1.82, 2.24) is 10.3 Å². The monoisotopic (exact) mass is 448 g/mol. The lowest BCUT2D eigenvalue weighted by Gasteiger charge is -2.12. The molecular weight excluding hydrogens is 420 g/mol. The normalized spacial score (nSPS) is 15.2. The summed E-state index contributed by atoms with van der Waals surface area (Å²) in [5.41, 5.74) is 3.43. The van der Waals surface area contributed by atoms with Crippen molar-refractivity contribution >= 4 is 23.3 Å². The van der Waals surface area contributed by atoms with Crippen molar-refractivity contribution < 1.29 is 18.7 Å². The van der Waals surface area contributed by atoms with Gasteiger partial charge < -0.3 is 25.1 Å². The molecule has 33 heavy (non-hydrogen) atoms. The molecule has 1 aliphatic heterocycles. The van der Waals surface area contributed by atoms with Gasteiger partial charge in [0.15, 0.2) is 11.7 Å². The Kier molecular flexibility index (Phi) is 7.36. The summed E-state index contributed by atoms with van der Waals surface area (Å²) in [4.78, 5) is 28.6. The Morgan fingerprint density at radius 2 is 1.76 bits per heavy atom. The lowest BCUT2D eigenvalue weighted by atomic mass is 10.1. The van der Waals surface area contributed by atoms with E-state index in [1.165, 1.54) is 5.56 Å². The van der Waals surface area contributed by atoms with Crippen LogP contribution in [0, 0.1) is 6.92 Å². The molecule has 8 nitrogen and oxygen atoms in total. The van der Waals surface area contributed by atoms with E-state index in [9.17, 15) is 9.59 Å². The molecule has 0 aliphatic carbocycles. The minimum atomic E-state index is -0.279. The highest BCUT2D eigenvalue weighted by Crippen LogP contribution is 2.21. The molecule has 0 bridgehead atoms. The first-order chi connectivity index (χ1) is 16.0. The molecule has 1 atom stereocenters. The number of carbonyl (C=O) groups excluding carboxylic acids is 2. The van der Waals surface area contributed by atoms with Crippen LogP contribution in [0.5, 0.6) is 0 Å². The Labute approximate surface area is 192 Å². The first-order valence-corrected chi connectivity index (χ1v) is 11.1. The molecule has 4 rings (SSSR count). The van der Waals surface area contributed by atoms with Crippen LogP contribution in [0.25, 0.3) is 11.3 Å². The van der Waals surface area contributed by atoms with Crippen molar-refractivity contribution in [2.75, 3.05) is 23.8 Å². The second-order valence-electron chi connectivity index (χ2n) is 8.08. The number of rotatable bonds is 8. The van der Waals surface area contributed by atoms with Gasteiger partial charge in [0.1, 0.15) is 0 Å². The maximum absolute atomic E-state index is 12.3. The van der Waals surface area contributed by atoms with Crippen LogP contribution in [0.15, 0.2) is 59.1 Å². The predicted octanol–water partition coefficient (Wildman–Crippen LogP) is 4.52. The highest BCUT2D eigenvalue weighted by Gasteiger charge is 2.16. The summed E-state index contributed by atoms with van der Waals surface area (Å²) >= 11 is 0. The zero-order chi connectivity index (χ0) is 23.0. The molecule has 3 N–H and O–H groups in total. The van der Waals surface area contributed by atoms with Crippen LogP contribution in [0.3, 0.4) is 0 Å². The van der Waals surface area contributed by atoms with Gasteiger partial charge in [0.2, 0.25) is 5.91 Å². The Hall–Kier alpha value is -3.65. The fraction of sp³-hybridized carbons (Fsp3) is 0.320. The molecule has 8 heteroatoms. The number of hydrogen-bond acceptors (Lipinski definition) is 5. The zero-order valence-corrected chi connectivity index (χ0v) is 18.6. The topological polar surface area (TPSA) is 105 Å². The highest BCUT2D eigenvalue weighted by molar-refractivity contribution is 5.92. The van der Waals surface area contributed by atoms with Crippen molar-refractivity contribution in [2.24, 2.45) is 0 Å². The Bertz CT molecular complexity index is 1070. The quantitative estimate of drug-likeness (QED) is 0.470. The van der Waals surface area contributed by atoms with Crippen LogP contribution in [-0.4, -0.2) is 36.2 Å². The standard InChI is InChI=1S/C25H28N4O4/c1-17-4-6-18(7-5-17)22-16-26-24(33-22)13-12-23(30)28-19-8-10-20(11-9-19)29-25(31)27-15-21-3-2-14-32-21/h4-11,16,21H,2-3,12-15H2,1H3,(H,28,30)(H2,27,29,31). The summed E-state index contributed by atoms with van der Waals surface area (Å²) in [6.07, 6.45) is 4.44. The molecule has 0 spiro atoms. The first-order valence-electron chi connectivity index (χ1n) is 11.1. The molecular formula is C25H28N4O4. The van der Waals surface area contributed by atoms with Crippen molar-refractivity contribution in [1.29, 1.82) is 0 Å². The van der Waals surface area contributed by atoms with E-state index in [0.717, 1.165) is 25.0 Å². The van der Waals surface area contributed by atoms with Gasteiger partial charge in [-0.1, -0.05) is 29.8 Å². The third kappa shape index (κ3) is 6.66. The fourth-order valence-electron chi connectivity index (χ4n) is 3.55. The number of nitrogens with one attached hydrogen (secondary N) is 3. The van der Waals surface area contributed by atoms with E-state index in [-0.39, 0.29) is 24.5 Å². The van der Waals surface area contributed by atoms with Gasteiger partial charge in [-0.3, -0.25) is 4.79 Å². The summed E-state index contributed by atoms with van der Waals surface area (Å²) < 4.78 is 11.3. The van der Waals surface area contributed by atoms with E-state index >= 15 is 0 Å². The van der Waals surface area contributed by atoms with E-state index in [2.05, 4.69) is 20.9 Å². The summed E-state index contributed by atoms with van der Waals surface area (Å²) in [7, 11) is 0. The molecule has 1 unspecified atom stereocenters. The second-order valence-corrected chi connectivity index (χ2v) is 8.08. The number of ether oxygens (including phenoxy) is 1. The molecule has 2 aromatic carbocycles. The van der Waals surface area contributed by atoms with Crippen LogP contribution >= 0.6 is 0 Å². The van der Waals surface area contributed by atoms with Crippen LogP contribution in [0.4, 0.5) is 16.2 Å². The predicted molar refractivity (Wildman–Crippen MR) is 126 cm³/mol. The number of urea groups is 1. The molecule has 3 amide bonds. The van der Waals surface area contributed by atoms with Gasteiger partial charge in [0.25, 0.3) is 0 Å². The van der Waals surface area contributed by atoms with Crippen LogP contribution < -0.4 is 16.0 Å². The van der Waals surface area contributed by atoms with Gasteiger partial charge in [0, 0.05) is 42.9 Å². The number of hydrogen-bond donors (Lipinski definition) is 3. The summed E-state index contributed by atoms with van der Waals surface area (Å²) in [6.45, 7) is 3.29. The number of benzene rings is 2. The van der Waals surface area contributed by atoms with Crippen molar-refractivity contribution in [3.8, 4) is 11.3 Å². The number of anilines is 2. The van der Waals surface area contributed by atoms with Crippen LogP contribution in [-0.2, 0) is 16.0 Å². The Morgan fingerprint density at radius 3 is 2.45 bits per heavy atom. The maximum atomic E-state index is 12.3. The Balaban J connectivity index is 1.20. The van der Waals surface area contributed by atoms with Crippen molar-refractivity contribution in [3.63, 3.8) is 0 Å². The van der Waals surface area contributed by atoms with E-state index in [1.807, 2.05) is 31.2 Å². The van der Waals surface area contributed by atoms with E-state index in [0.29, 0.717) is 36.0 Å². The SMILES string of the molecule is Cc1ccc(-c2cnc(CCC(=O)Nc3ccc(NC(=O)NCC4CCCO4)cc3)o2)cc1. The molecule has 0 saturated carbocycles. The molecule has 1 aromatic heterocycles. The second kappa shape index (κ2) is 10.8. The third-order valence-electron chi connectivity index (χ3n) is 5.40. The van der Waals surface area contributed by atoms with Gasteiger partial charge in [0.05, 0.1) is 12.3 Å². The number of aryl methyl sites for hydroxylation is 2. The summed E-state index contributed by atoms with van der Waals surface area (Å²) in [6, 6.07) is 14.7. The molecule has 2 heterocycles. The van der Waals surface area contributed by atoms with Gasteiger partial charge >= 0.3 is 6.03 Å². The van der Waals surface area contributed by atoms with Gasteiger partial charge in [-0.25, -0.2) is 9.78 Å². The van der Waals surface area contributed by atoms with E-state index < -0.39 is 0 Å². The van der Waals surface area contributed by atoms with Crippen molar-refractivity contribution in [2.45, 2.75) is 38.7 Å². The average Bonchev–Trinajstić information content (AvgIpc) is 3.51.